The molecular formula is C16H18N2O4S2. The number of ether oxygens (including phenoxy) is 1. The molecule has 1 amide bonds. The lowest BCUT2D eigenvalue weighted by Crippen LogP contribution is -2.24. The van der Waals surface area contributed by atoms with Crippen LogP contribution in [0, 0.1) is 6.92 Å². The van der Waals surface area contributed by atoms with Gasteiger partial charge in [-0.1, -0.05) is 0 Å². The summed E-state index contributed by atoms with van der Waals surface area (Å²) in [5, 5.41) is 0. The summed E-state index contributed by atoms with van der Waals surface area (Å²) >= 11 is 1.21. The van der Waals surface area contributed by atoms with E-state index in [1.165, 1.54) is 18.4 Å². The van der Waals surface area contributed by atoms with Crippen molar-refractivity contribution in [1.82, 2.24) is 0 Å². The Balaban J connectivity index is 1.93. The Kier molecular flexibility index (Phi) is 4.51. The average molecular weight is 366 g/mol. The van der Waals surface area contributed by atoms with Gasteiger partial charge < -0.3 is 9.64 Å². The van der Waals surface area contributed by atoms with Crippen LogP contribution >= 0.6 is 11.3 Å². The maximum atomic E-state index is 12.5. The largest absolute Gasteiger partial charge is 0.495 e. The van der Waals surface area contributed by atoms with Crippen LogP contribution in [0.3, 0.4) is 0 Å². The van der Waals surface area contributed by atoms with Crippen molar-refractivity contribution in [1.29, 1.82) is 0 Å². The third kappa shape index (κ3) is 3.25. The minimum atomic E-state index is -3.64. The van der Waals surface area contributed by atoms with Crippen molar-refractivity contribution in [3.63, 3.8) is 0 Å². The van der Waals surface area contributed by atoms with Gasteiger partial charge in [-0.2, -0.15) is 0 Å². The number of benzene rings is 1. The van der Waals surface area contributed by atoms with Crippen molar-refractivity contribution < 1.29 is 17.9 Å². The molecule has 0 saturated carbocycles. The number of carbonyl (C=O) groups is 1. The summed E-state index contributed by atoms with van der Waals surface area (Å²) in [6, 6.07) is 8.28. The zero-order valence-corrected chi connectivity index (χ0v) is 15.0. The van der Waals surface area contributed by atoms with Gasteiger partial charge in [-0.15, -0.1) is 11.3 Å². The minimum absolute atomic E-state index is 0.0159. The fraction of sp³-hybridized carbons (Fsp3) is 0.312. The van der Waals surface area contributed by atoms with E-state index in [9.17, 15) is 13.2 Å². The van der Waals surface area contributed by atoms with Crippen LogP contribution in [0.2, 0.25) is 0 Å². The number of carbonyl (C=O) groups excluding carboxylic acids is 1. The number of rotatable bonds is 5. The van der Waals surface area contributed by atoms with E-state index in [0.717, 1.165) is 11.3 Å². The summed E-state index contributed by atoms with van der Waals surface area (Å²) in [4.78, 5) is 14.6. The molecule has 1 aromatic heterocycles. The van der Waals surface area contributed by atoms with E-state index >= 15 is 0 Å². The lowest BCUT2D eigenvalue weighted by molar-refractivity contribution is -0.117. The fourth-order valence-corrected chi connectivity index (χ4v) is 4.96. The molecule has 1 fully saturated rings. The van der Waals surface area contributed by atoms with Crippen molar-refractivity contribution in [2.75, 3.05) is 23.3 Å². The number of nitrogens with zero attached hydrogens (tertiary/aromatic N) is 1. The zero-order chi connectivity index (χ0) is 17.3. The molecule has 1 aliphatic heterocycles. The van der Waals surface area contributed by atoms with E-state index in [2.05, 4.69) is 4.72 Å². The van der Waals surface area contributed by atoms with Gasteiger partial charge in [0.05, 0.1) is 18.5 Å². The summed E-state index contributed by atoms with van der Waals surface area (Å²) < 4.78 is 33.0. The van der Waals surface area contributed by atoms with E-state index < -0.39 is 10.0 Å². The van der Waals surface area contributed by atoms with Gasteiger partial charge in [0.2, 0.25) is 5.91 Å². The van der Waals surface area contributed by atoms with Gasteiger partial charge in [0.15, 0.2) is 0 Å². The predicted octanol–water partition coefficient (Wildman–Crippen LogP) is 2.99. The van der Waals surface area contributed by atoms with Gasteiger partial charge in [0, 0.05) is 17.8 Å². The van der Waals surface area contributed by atoms with Crippen molar-refractivity contribution >= 4 is 38.6 Å². The molecule has 128 valence electrons. The fourth-order valence-electron chi connectivity index (χ4n) is 2.63. The first-order valence-electron chi connectivity index (χ1n) is 7.48. The van der Waals surface area contributed by atoms with Gasteiger partial charge in [-0.3, -0.25) is 9.52 Å². The Hall–Kier alpha value is -2.06. The number of hydrogen-bond acceptors (Lipinski definition) is 5. The molecule has 24 heavy (non-hydrogen) atoms. The van der Waals surface area contributed by atoms with Gasteiger partial charge in [-0.05, 0) is 43.7 Å². The second-order valence-corrected chi connectivity index (χ2v) is 8.70. The van der Waals surface area contributed by atoms with Crippen LogP contribution in [-0.4, -0.2) is 28.0 Å². The lowest BCUT2D eigenvalue weighted by atomic mass is 10.2. The molecule has 0 unspecified atom stereocenters. The molecule has 0 bridgehead atoms. The topological polar surface area (TPSA) is 75.7 Å². The zero-order valence-electron chi connectivity index (χ0n) is 13.4. The highest BCUT2D eigenvalue weighted by Gasteiger charge is 2.25. The Morgan fingerprint density at radius 2 is 2.04 bits per heavy atom. The number of hydrogen-bond donors (Lipinski definition) is 1. The highest BCUT2D eigenvalue weighted by molar-refractivity contribution is 7.94. The van der Waals surface area contributed by atoms with Crippen LogP contribution in [0.4, 0.5) is 11.4 Å². The number of sulfonamides is 1. The minimum Gasteiger partial charge on any atom is -0.495 e. The van der Waals surface area contributed by atoms with E-state index in [4.69, 9.17) is 4.74 Å². The van der Waals surface area contributed by atoms with Crippen molar-refractivity contribution in [2.24, 2.45) is 0 Å². The maximum Gasteiger partial charge on any atom is 0.271 e. The highest BCUT2D eigenvalue weighted by atomic mass is 32.2. The van der Waals surface area contributed by atoms with Crippen molar-refractivity contribution in [3.05, 3.63) is 35.2 Å². The Bertz CT molecular complexity index is 874. The summed E-state index contributed by atoms with van der Waals surface area (Å²) in [5.74, 6) is 0.558. The van der Waals surface area contributed by atoms with Crippen molar-refractivity contribution in [2.45, 2.75) is 24.0 Å². The lowest BCUT2D eigenvalue weighted by Gasteiger charge is -2.20. The molecule has 6 nitrogen and oxygen atoms in total. The Morgan fingerprint density at radius 3 is 2.62 bits per heavy atom. The van der Waals surface area contributed by atoms with Gasteiger partial charge in [0.1, 0.15) is 9.96 Å². The number of aryl methyl sites for hydroxylation is 1. The molecule has 1 saturated heterocycles. The van der Waals surface area contributed by atoms with Crippen LogP contribution in [0.25, 0.3) is 0 Å². The molecule has 0 spiro atoms. The van der Waals surface area contributed by atoms with Crippen LogP contribution in [0.15, 0.2) is 34.5 Å². The number of amides is 1. The molecule has 2 aromatic rings. The summed E-state index contributed by atoms with van der Waals surface area (Å²) in [6.07, 6.45) is 1.28. The number of anilines is 2. The highest BCUT2D eigenvalue weighted by Crippen LogP contribution is 2.35. The number of thiophene rings is 1. The van der Waals surface area contributed by atoms with Crippen LogP contribution < -0.4 is 14.4 Å². The second kappa shape index (κ2) is 6.45. The standard InChI is InChI=1S/C16H18N2O4S2/c1-11-5-8-16(23-11)24(20,21)17-12-6-7-14(22-2)13(10-12)18-9-3-4-15(18)19/h5-8,10,17H,3-4,9H2,1-2H3. The molecule has 2 heterocycles. The van der Waals surface area contributed by atoms with Gasteiger partial charge in [-0.25, -0.2) is 8.42 Å². The molecule has 3 rings (SSSR count). The van der Waals surface area contributed by atoms with E-state index in [1.807, 2.05) is 6.92 Å². The van der Waals surface area contributed by atoms with Crippen LogP contribution in [0.5, 0.6) is 5.75 Å². The molecule has 0 radical (unpaired) electrons. The molecule has 0 aliphatic carbocycles. The van der Waals surface area contributed by atoms with Crippen molar-refractivity contribution in [3.8, 4) is 5.75 Å². The number of nitrogens with one attached hydrogen (secondary N) is 1. The van der Waals surface area contributed by atoms with E-state index in [0.29, 0.717) is 30.1 Å². The van der Waals surface area contributed by atoms with E-state index in [-0.39, 0.29) is 10.1 Å². The molecule has 1 aliphatic rings. The normalized spacial score (nSPS) is 14.9. The van der Waals surface area contributed by atoms with Gasteiger partial charge >= 0.3 is 0 Å². The molecule has 1 aromatic carbocycles. The average Bonchev–Trinajstić information content (AvgIpc) is 3.15. The molecule has 0 atom stereocenters. The first-order valence-corrected chi connectivity index (χ1v) is 9.78. The summed E-state index contributed by atoms with van der Waals surface area (Å²) in [5.41, 5.74) is 0.985. The monoisotopic (exact) mass is 366 g/mol. The first kappa shape index (κ1) is 16.8. The maximum absolute atomic E-state index is 12.5. The summed E-state index contributed by atoms with van der Waals surface area (Å²) in [6.45, 7) is 2.46. The quantitative estimate of drug-likeness (QED) is 0.883. The third-order valence-corrected chi connectivity index (χ3v) is 6.65. The van der Waals surface area contributed by atoms with Crippen LogP contribution in [-0.2, 0) is 14.8 Å². The van der Waals surface area contributed by atoms with Gasteiger partial charge in [0.25, 0.3) is 10.0 Å². The Morgan fingerprint density at radius 1 is 1.25 bits per heavy atom. The first-order chi connectivity index (χ1) is 11.4. The number of methoxy groups -OCH3 is 1. The smallest absolute Gasteiger partial charge is 0.271 e. The van der Waals surface area contributed by atoms with E-state index in [1.54, 1.807) is 35.2 Å². The molecule has 8 heteroatoms. The second-order valence-electron chi connectivity index (χ2n) is 5.51. The molecular weight excluding hydrogens is 348 g/mol. The Labute approximate surface area is 145 Å². The summed E-state index contributed by atoms with van der Waals surface area (Å²) in [7, 11) is -2.12. The predicted molar refractivity (Wildman–Crippen MR) is 94.4 cm³/mol. The molecule has 1 N–H and O–H groups in total. The third-order valence-electron chi connectivity index (χ3n) is 3.78. The van der Waals surface area contributed by atoms with Crippen LogP contribution in [0.1, 0.15) is 17.7 Å². The SMILES string of the molecule is COc1ccc(NS(=O)(=O)c2ccc(C)s2)cc1N1CCCC1=O.